The van der Waals surface area contributed by atoms with Crippen molar-refractivity contribution < 1.29 is 133 Å². The van der Waals surface area contributed by atoms with Crippen molar-refractivity contribution in [2.45, 2.75) is 265 Å². The Morgan fingerprint density at radius 2 is 1.21 bits per heavy atom. The molecule has 6 saturated heterocycles. The van der Waals surface area contributed by atoms with E-state index >= 15 is 0 Å². The minimum Gasteiger partial charge on any atom is -0.396 e. The van der Waals surface area contributed by atoms with Crippen LogP contribution in [-0.2, 0) is 61.7 Å². The second-order valence-corrected chi connectivity index (χ2v) is 26.4. The topological polar surface area (TPSA) is 419 Å². The van der Waals surface area contributed by atoms with E-state index in [1.807, 2.05) is 13.8 Å². The lowest BCUT2D eigenvalue weighted by Crippen LogP contribution is -2.67. The summed E-state index contributed by atoms with van der Waals surface area (Å²) < 4.78 is 66.9. The molecule has 0 bridgehead atoms. The van der Waals surface area contributed by atoms with Crippen LogP contribution in [0, 0.1) is 33.5 Å². The number of hydrogen-bond acceptors (Lipinski definition) is 27. The maximum atomic E-state index is 14.7. The molecule has 1 spiro atoms. The van der Waals surface area contributed by atoms with Crippen molar-refractivity contribution in [1.82, 2.24) is 0 Å². The van der Waals surface area contributed by atoms with E-state index in [-0.39, 0.29) is 36.4 Å². The van der Waals surface area contributed by atoms with Crippen molar-refractivity contribution >= 4 is 11.6 Å². The highest BCUT2D eigenvalue weighted by molar-refractivity contribution is 5.94. The molecule has 27 nitrogen and oxygen atoms in total. The molecule has 8 fully saturated rings. The van der Waals surface area contributed by atoms with Crippen molar-refractivity contribution in [3.63, 3.8) is 0 Å². The quantitative estimate of drug-likeness (QED) is 0.0699. The van der Waals surface area contributed by atoms with Crippen LogP contribution < -0.4 is 0 Å². The summed E-state index contributed by atoms with van der Waals surface area (Å²) in [7, 11) is 0. The Kier molecular flexibility index (Phi) is 18.9. The van der Waals surface area contributed by atoms with Gasteiger partial charge >= 0.3 is 0 Å². The van der Waals surface area contributed by atoms with Gasteiger partial charge < -0.3 is 124 Å². The molecule has 32 atom stereocenters. The molecular weight excluding hydrogens is 1120 g/mol. The summed E-state index contributed by atoms with van der Waals surface area (Å²) in [6.45, 7) is 10.6. The third kappa shape index (κ3) is 10.4. The Hall–Kier alpha value is -1.92. The molecule has 6 aliphatic heterocycles. The van der Waals surface area contributed by atoms with E-state index in [0.717, 1.165) is 5.57 Å². The van der Waals surface area contributed by atoms with Crippen LogP contribution in [0.2, 0.25) is 0 Å². The standard InChI is InChI=1S/C57H90O27/c1-8-26(60)29-15-22(2)57(84-29)16-33(63)56(7)25-9-10-32-53(4,24(25)11-14-55(56,57)6)13-12-34(54(32,5)21-59)80-50-44(73)41(70)38(67)31(79-50)20-76-51-46(37(66)28(62)19-75-51)82-52-47(83-49-43(72)40(69)35(64)23(3)77-49)45(39(68)30(17-58)78-52)81-48-42(71)36(65)27(61)18-74-48/h22-23,27-32,34-52,58-59,61-62,64-73H,8-21H2,1-7H3. The third-order valence-electron chi connectivity index (χ3n) is 22.0. The van der Waals surface area contributed by atoms with Gasteiger partial charge in [-0.1, -0.05) is 45.8 Å². The number of carbonyl (C=O) groups excluding carboxylic acids is 2. The zero-order valence-corrected chi connectivity index (χ0v) is 48.6. The predicted molar refractivity (Wildman–Crippen MR) is 280 cm³/mol. The normalized spacial score (nSPS) is 54.3. The van der Waals surface area contributed by atoms with Gasteiger partial charge in [-0.3, -0.25) is 9.59 Å². The number of rotatable bonds is 15. The monoisotopic (exact) mass is 1210 g/mol. The summed E-state index contributed by atoms with van der Waals surface area (Å²) in [5.41, 5.74) is -1.34. The Balaban J connectivity index is 0.859. The van der Waals surface area contributed by atoms with E-state index in [2.05, 4.69) is 27.7 Å². The molecule has 84 heavy (non-hydrogen) atoms. The number of ether oxygens (including phenoxy) is 11. The Labute approximate surface area is 486 Å². The Bertz CT molecular complexity index is 2390. The molecule has 27 heteroatoms. The van der Waals surface area contributed by atoms with E-state index in [1.54, 1.807) is 0 Å². The van der Waals surface area contributed by atoms with Crippen LogP contribution >= 0.6 is 0 Å². The Morgan fingerprint density at radius 3 is 1.88 bits per heavy atom. The van der Waals surface area contributed by atoms with Gasteiger partial charge in [-0.05, 0) is 76.0 Å². The summed E-state index contributed by atoms with van der Waals surface area (Å²) in [5, 5.41) is 154. The smallest absolute Gasteiger partial charge is 0.187 e. The fourth-order valence-electron chi connectivity index (χ4n) is 16.5. The van der Waals surface area contributed by atoms with Gasteiger partial charge in [-0.25, -0.2) is 0 Å². The zero-order chi connectivity index (χ0) is 61.1. The summed E-state index contributed by atoms with van der Waals surface area (Å²) in [6.07, 6.45) is -37.2. The van der Waals surface area contributed by atoms with Gasteiger partial charge in [0.05, 0.1) is 56.3 Å². The van der Waals surface area contributed by atoms with Crippen LogP contribution in [0.5, 0.6) is 0 Å². The van der Waals surface area contributed by atoms with Crippen LogP contribution in [0.15, 0.2) is 11.1 Å². The fourth-order valence-corrected chi connectivity index (χ4v) is 16.5. The summed E-state index contributed by atoms with van der Waals surface area (Å²) >= 11 is 0. The SMILES string of the molecule is CCC(=O)C1CC(C)C2(CC(=O)C3(C)C4=C(CCC32C)C2(C)CCC(OC3OC(COC5OCC(O)C(O)C5OC5OC(CO)C(O)C(OC6OCC(O)C(O)C6O)C5OC5OC(C)C(O)C(O)C5O)C(O)C(O)C3O)C(C)(CO)C2CC4)O1. The molecule has 480 valence electrons. The number of aliphatic hydroxyl groups excluding tert-OH is 14. The van der Waals surface area contributed by atoms with E-state index < -0.39 is 207 Å². The first-order valence-corrected chi connectivity index (χ1v) is 29.9. The van der Waals surface area contributed by atoms with Gasteiger partial charge in [0.25, 0.3) is 0 Å². The molecule has 32 unspecified atom stereocenters. The molecule has 10 rings (SSSR count). The molecule has 0 amide bonds. The summed E-state index contributed by atoms with van der Waals surface area (Å²) in [6, 6.07) is 0. The second-order valence-electron chi connectivity index (χ2n) is 26.4. The molecule has 0 aromatic rings. The maximum Gasteiger partial charge on any atom is 0.187 e. The first kappa shape index (κ1) is 65.0. The van der Waals surface area contributed by atoms with Gasteiger partial charge in [0.2, 0.25) is 0 Å². The van der Waals surface area contributed by atoms with E-state index in [0.29, 0.717) is 51.4 Å². The van der Waals surface area contributed by atoms with Gasteiger partial charge in [0.15, 0.2) is 37.2 Å². The molecule has 14 N–H and O–H groups in total. The van der Waals surface area contributed by atoms with E-state index in [9.17, 15) is 81.1 Å². The lowest BCUT2D eigenvalue weighted by Gasteiger charge is -2.63. The van der Waals surface area contributed by atoms with E-state index in [1.165, 1.54) is 12.5 Å². The van der Waals surface area contributed by atoms with Crippen LogP contribution in [0.1, 0.15) is 106 Å². The number of carbonyl (C=O) groups is 2. The Morgan fingerprint density at radius 1 is 0.607 bits per heavy atom. The predicted octanol–water partition coefficient (Wildman–Crippen LogP) is -3.80. The van der Waals surface area contributed by atoms with Gasteiger partial charge in [0, 0.05) is 23.7 Å². The maximum absolute atomic E-state index is 14.7. The number of Topliss-reactive ketones (excluding diaryl/α,β-unsaturated/α-hetero) is 2. The second kappa shape index (κ2) is 24.4. The molecule has 2 saturated carbocycles. The molecule has 0 aromatic carbocycles. The average Bonchev–Trinajstić information content (AvgIpc) is 1.43. The van der Waals surface area contributed by atoms with Gasteiger partial charge in [-0.2, -0.15) is 0 Å². The highest BCUT2D eigenvalue weighted by Crippen LogP contribution is 2.74. The van der Waals surface area contributed by atoms with E-state index in [4.69, 9.17) is 52.1 Å². The van der Waals surface area contributed by atoms with Crippen LogP contribution in [0.25, 0.3) is 0 Å². The largest absolute Gasteiger partial charge is 0.396 e. The van der Waals surface area contributed by atoms with Crippen LogP contribution in [-0.4, -0.2) is 275 Å². The first-order chi connectivity index (χ1) is 39.6. The van der Waals surface area contributed by atoms with Crippen LogP contribution in [0.4, 0.5) is 0 Å². The van der Waals surface area contributed by atoms with Crippen LogP contribution in [0.3, 0.4) is 0 Å². The molecule has 4 aliphatic carbocycles. The average molecular weight is 1210 g/mol. The zero-order valence-electron chi connectivity index (χ0n) is 48.6. The highest BCUT2D eigenvalue weighted by atomic mass is 16.8. The number of allylic oxidation sites excluding steroid dienone is 2. The number of hydrogen-bond donors (Lipinski definition) is 14. The molecule has 0 aromatic heterocycles. The molecule has 0 radical (unpaired) electrons. The number of aliphatic hydroxyl groups is 14. The first-order valence-electron chi connectivity index (χ1n) is 29.9. The van der Waals surface area contributed by atoms with Gasteiger partial charge in [-0.15, -0.1) is 0 Å². The molecule has 10 aliphatic rings. The van der Waals surface area contributed by atoms with Crippen molar-refractivity contribution in [3.8, 4) is 0 Å². The highest BCUT2D eigenvalue weighted by Gasteiger charge is 2.75. The summed E-state index contributed by atoms with van der Waals surface area (Å²) in [4.78, 5) is 27.7. The van der Waals surface area contributed by atoms with Gasteiger partial charge in [0.1, 0.15) is 116 Å². The lowest BCUT2D eigenvalue weighted by atomic mass is 9.42. The number of ketones is 2. The minimum atomic E-state index is -1.98. The van der Waals surface area contributed by atoms with Crippen molar-refractivity contribution in [2.24, 2.45) is 33.5 Å². The lowest BCUT2D eigenvalue weighted by molar-refractivity contribution is -0.404. The van der Waals surface area contributed by atoms with Crippen molar-refractivity contribution in [1.29, 1.82) is 0 Å². The fraction of sp³-hybridized carbons (Fsp3) is 0.930. The summed E-state index contributed by atoms with van der Waals surface area (Å²) in [5.74, 6) is -0.0430. The van der Waals surface area contributed by atoms with Crippen molar-refractivity contribution in [3.05, 3.63) is 11.1 Å². The number of fused-ring (bicyclic) bond motifs is 5. The van der Waals surface area contributed by atoms with Crippen molar-refractivity contribution in [2.75, 3.05) is 33.0 Å². The molecular formula is C57H90O27. The third-order valence-corrected chi connectivity index (χ3v) is 22.0. The minimum absolute atomic E-state index is 0.0110. The molecule has 6 heterocycles.